The Bertz CT molecular complexity index is 793. The van der Waals surface area contributed by atoms with Crippen molar-refractivity contribution in [3.05, 3.63) is 48.4 Å². The molecule has 0 atom stereocenters. The average Bonchev–Trinajstić information content (AvgIpc) is 3.01. The molecule has 2 rings (SSSR count). The number of carbonyl (C=O) groups excluding carboxylic acids is 2. The van der Waals surface area contributed by atoms with E-state index in [1.807, 2.05) is 4.72 Å². The van der Waals surface area contributed by atoms with Crippen LogP contribution in [0, 0.1) is 5.92 Å². The van der Waals surface area contributed by atoms with Crippen LogP contribution in [-0.4, -0.2) is 20.2 Å². The molecular weight excluding hydrogens is 320 g/mol. The van der Waals surface area contributed by atoms with Gasteiger partial charge in [-0.15, -0.1) is 0 Å². The molecule has 1 heterocycles. The van der Waals surface area contributed by atoms with Gasteiger partial charge in [0.05, 0.1) is 11.2 Å². The van der Waals surface area contributed by atoms with Crippen molar-refractivity contribution in [3.8, 4) is 0 Å². The molecule has 0 unspecified atom stereocenters. The van der Waals surface area contributed by atoms with E-state index in [0.29, 0.717) is 5.69 Å². The van der Waals surface area contributed by atoms with Gasteiger partial charge < -0.3 is 9.73 Å². The first kappa shape index (κ1) is 16.8. The minimum Gasteiger partial charge on any atom is -0.459 e. The number of benzene rings is 1. The van der Waals surface area contributed by atoms with Gasteiger partial charge in [0.1, 0.15) is 0 Å². The lowest BCUT2D eigenvalue weighted by Gasteiger charge is -2.09. The highest BCUT2D eigenvalue weighted by molar-refractivity contribution is 7.90. The minimum atomic E-state index is -3.92. The van der Waals surface area contributed by atoms with Gasteiger partial charge >= 0.3 is 0 Å². The quantitative estimate of drug-likeness (QED) is 0.868. The summed E-state index contributed by atoms with van der Waals surface area (Å²) < 4.78 is 31.0. The fourth-order valence-electron chi connectivity index (χ4n) is 1.63. The third kappa shape index (κ3) is 4.19. The molecule has 0 aliphatic rings. The molecule has 1 aromatic carbocycles. The van der Waals surface area contributed by atoms with E-state index in [2.05, 4.69) is 5.32 Å². The van der Waals surface area contributed by atoms with Gasteiger partial charge in [0.25, 0.3) is 15.9 Å². The number of amides is 2. The Morgan fingerprint density at radius 1 is 1.09 bits per heavy atom. The Morgan fingerprint density at radius 2 is 1.74 bits per heavy atom. The summed E-state index contributed by atoms with van der Waals surface area (Å²) in [5, 5.41) is 2.57. The molecule has 0 fully saturated rings. The molecule has 0 saturated carbocycles. The van der Waals surface area contributed by atoms with Gasteiger partial charge in [0, 0.05) is 11.6 Å². The van der Waals surface area contributed by atoms with Crippen molar-refractivity contribution in [1.82, 2.24) is 4.72 Å². The summed E-state index contributed by atoms with van der Waals surface area (Å²) >= 11 is 0. The van der Waals surface area contributed by atoms with Crippen LogP contribution in [0.1, 0.15) is 24.4 Å². The van der Waals surface area contributed by atoms with E-state index in [1.165, 1.54) is 36.6 Å². The monoisotopic (exact) mass is 336 g/mol. The molecule has 2 N–H and O–H groups in total. The Labute approximate surface area is 133 Å². The van der Waals surface area contributed by atoms with Crippen LogP contribution in [0.2, 0.25) is 0 Å². The summed E-state index contributed by atoms with van der Waals surface area (Å²) in [6.07, 6.45) is 1.38. The van der Waals surface area contributed by atoms with Crippen molar-refractivity contribution in [2.24, 2.45) is 5.92 Å². The molecule has 8 heteroatoms. The molecule has 23 heavy (non-hydrogen) atoms. The smallest absolute Gasteiger partial charge is 0.291 e. The van der Waals surface area contributed by atoms with Gasteiger partial charge in [-0.3, -0.25) is 9.59 Å². The number of hydrogen-bond donors (Lipinski definition) is 2. The van der Waals surface area contributed by atoms with Gasteiger partial charge in [0.15, 0.2) is 5.76 Å². The third-order valence-electron chi connectivity index (χ3n) is 2.93. The maximum absolute atomic E-state index is 12.0. The first-order chi connectivity index (χ1) is 10.8. The second-order valence-electron chi connectivity index (χ2n) is 5.08. The Balaban J connectivity index is 2.10. The second-order valence-corrected chi connectivity index (χ2v) is 6.76. The van der Waals surface area contributed by atoms with E-state index in [9.17, 15) is 18.0 Å². The zero-order valence-electron chi connectivity index (χ0n) is 12.6. The van der Waals surface area contributed by atoms with Gasteiger partial charge in [-0.1, -0.05) is 13.8 Å². The van der Waals surface area contributed by atoms with E-state index < -0.39 is 27.8 Å². The van der Waals surface area contributed by atoms with Crippen LogP contribution in [0.3, 0.4) is 0 Å². The topological polar surface area (TPSA) is 105 Å². The molecule has 0 bridgehead atoms. The summed E-state index contributed by atoms with van der Waals surface area (Å²) in [7, 11) is -3.92. The SMILES string of the molecule is CC(C)C(=O)NS(=O)(=O)c1ccc(NC(=O)c2ccco2)cc1. The fraction of sp³-hybridized carbons (Fsp3) is 0.200. The predicted molar refractivity (Wildman–Crippen MR) is 83.3 cm³/mol. The van der Waals surface area contributed by atoms with Crippen LogP contribution in [0.5, 0.6) is 0 Å². The van der Waals surface area contributed by atoms with Gasteiger partial charge in [-0.05, 0) is 36.4 Å². The molecule has 0 radical (unpaired) electrons. The summed E-state index contributed by atoms with van der Waals surface area (Å²) in [5.74, 6) is -1.33. The van der Waals surface area contributed by atoms with Crippen LogP contribution >= 0.6 is 0 Å². The van der Waals surface area contributed by atoms with E-state index in [4.69, 9.17) is 4.42 Å². The van der Waals surface area contributed by atoms with Crippen LogP contribution in [0.25, 0.3) is 0 Å². The highest BCUT2D eigenvalue weighted by Gasteiger charge is 2.19. The van der Waals surface area contributed by atoms with Crippen molar-refractivity contribution in [2.45, 2.75) is 18.7 Å². The van der Waals surface area contributed by atoms with E-state index in [-0.39, 0.29) is 10.7 Å². The zero-order valence-corrected chi connectivity index (χ0v) is 13.4. The molecule has 2 aromatic rings. The van der Waals surface area contributed by atoms with Gasteiger partial charge in [-0.25, -0.2) is 13.1 Å². The lowest BCUT2D eigenvalue weighted by molar-refractivity contribution is -0.122. The standard InChI is InChI=1S/C15H16N2O5S/c1-10(2)14(18)17-23(20,21)12-7-5-11(6-8-12)16-15(19)13-4-3-9-22-13/h3-10H,1-2H3,(H,16,19)(H,17,18). The van der Waals surface area contributed by atoms with Crippen molar-refractivity contribution < 1.29 is 22.4 Å². The molecule has 0 saturated heterocycles. The van der Waals surface area contributed by atoms with Crippen LogP contribution in [0.15, 0.2) is 52.0 Å². The molecule has 122 valence electrons. The van der Waals surface area contributed by atoms with Crippen molar-refractivity contribution >= 4 is 27.5 Å². The fourth-order valence-corrected chi connectivity index (χ4v) is 2.74. The number of carbonyl (C=O) groups is 2. The third-order valence-corrected chi connectivity index (χ3v) is 4.29. The van der Waals surface area contributed by atoms with Crippen LogP contribution < -0.4 is 10.0 Å². The van der Waals surface area contributed by atoms with Gasteiger partial charge in [-0.2, -0.15) is 0 Å². The van der Waals surface area contributed by atoms with Crippen molar-refractivity contribution in [1.29, 1.82) is 0 Å². The molecule has 0 aliphatic heterocycles. The van der Waals surface area contributed by atoms with Crippen LogP contribution in [-0.2, 0) is 14.8 Å². The first-order valence-corrected chi connectivity index (χ1v) is 8.29. The minimum absolute atomic E-state index is 0.0671. The number of furan rings is 1. The second kappa shape index (κ2) is 6.66. The van der Waals surface area contributed by atoms with Crippen molar-refractivity contribution in [2.75, 3.05) is 5.32 Å². The highest BCUT2D eigenvalue weighted by Crippen LogP contribution is 2.15. The maximum Gasteiger partial charge on any atom is 0.291 e. The normalized spacial score (nSPS) is 11.3. The first-order valence-electron chi connectivity index (χ1n) is 6.81. The molecular formula is C15H16N2O5S. The highest BCUT2D eigenvalue weighted by atomic mass is 32.2. The molecule has 0 spiro atoms. The molecule has 7 nitrogen and oxygen atoms in total. The van der Waals surface area contributed by atoms with Gasteiger partial charge in [0.2, 0.25) is 5.91 Å². The lowest BCUT2D eigenvalue weighted by Crippen LogP contribution is -2.33. The Hall–Kier alpha value is -2.61. The molecule has 0 aliphatic carbocycles. The Morgan fingerprint density at radius 3 is 2.26 bits per heavy atom. The number of nitrogens with one attached hydrogen (secondary N) is 2. The Kier molecular flexibility index (Phi) is 4.85. The van der Waals surface area contributed by atoms with Crippen molar-refractivity contribution in [3.63, 3.8) is 0 Å². The largest absolute Gasteiger partial charge is 0.459 e. The molecule has 1 aromatic heterocycles. The molecule has 2 amide bonds. The summed E-state index contributed by atoms with van der Waals surface area (Å²) in [5.41, 5.74) is 0.403. The number of anilines is 1. The van der Waals surface area contributed by atoms with E-state index in [0.717, 1.165) is 0 Å². The average molecular weight is 336 g/mol. The summed E-state index contributed by atoms with van der Waals surface area (Å²) in [6.45, 7) is 3.19. The van der Waals surface area contributed by atoms with E-state index >= 15 is 0 Å². The summed E-state index contributed by atoms with van der Waals surface area (Å²) in [4.78, 5) is 23.2. The zero-order chi connectivity index (χ0) is 17.0. The maximum atomic E-state index is 12.0. The van der Waals surface area contributed by atoms with Crippen LogP contribution in [0.4, 0.5) is 5.69 Å². The number of hydrogen-bond acceptors (Lipinski definition) is 5. The number of sulfonamides is 1. The number of rotatable bonds is 5. The lowest BCUT2D eigenvalue weighted by atomic mass is 10.2. The predicted octanol–water partition coefficient (Wildman–Crippen LogP) is 1.99. The summed E-state index contributed by atoms with van der Waals surface area (Å²) in [6, 6.07) is 8.55. The van der Waals surface area contributed by atoms with E-state index in [1.54, 1.807) is 19.9 Å².